The highest BCUT2D eigenvalue weighted by Crippen LogP contribution is 2.42. The molecule has 1 aliphatic heterocycles. The molecule has 2 rings (SSSR count). The summed E-state index contributed by atoms with van der Waals surface area (Å²) in [6, 6.07) is 0.0203. The first-order valence-electron chi connectivity index (χ1n) is 9.55. The Kier molecular flexibility index (Phi) is 7.76. The molecule has 1 aliphatic carbocycles. The number of fused-ring (bicyclic) bond motifs is 1. The Morgan fingerprint density at radius 1 is 0.739 bits per heavy atom. The molecule has 2 aliphatic rings. The molecule has 5 heteroatoms. The highest BCUT2D eigenvalue weighted by atomic mass is 16.5. The van der Waals surface area contributed by atoms with E-state index in [0.717, 1.165) is 25.8 Å². The van der Waals surface area contributed by atoms with Gasteiger partial charge in [-0.15, -0.1) is 0 Å². The van der Waals surface area contributed by atoms with Gasteiger partial charge in [0.2, 0.25) is 0 Å². The van der Waals surface area contributed by atoms with E-state index in [4.69, 9.17) is 4.74 Å². The summed E-state index contributed by atoms with van der Waals surface area (Å²) in [5.74, 6) is 0. The van der Waals surface area contributed by atoms with E-state index in [1.165, 1.54) is 32.1 Å². The van der Waals surface area contributed by atoms with Crippen molar-refractivity contribution >= 4 is 0 Å². The van der Waals surface area contributed by atoms with Crippen LogP contribution in [0.25, 0.3) is 0 Å². The first-order chi connectivity index (χ1) is 11.1. The molecule has 3 N–H and O–H groups in total. The maximum Gasteiger partial charge on any atom is 0.110 e. The van der Waals surface area contributed by atoms with Gasteiger partial charge in [0.1, 0.15) is 18.3 Å². The fraction of sp³-hybridized carbons (Fsp3) is 1.00. The van der Waals surface area contributed by atoms with E-state index in [1.807, 2.05) is 0 Å². The van der Waals surface area contributed by atoms with Crippen LogP contribution in [-0.2, 0) is 4.74 Å². The van der Waals surface area contributed by atoms with Crippen LogP contribution < -0.4 is 0 Å². The van der Waals surface area contributed by atoms with Crippen molar-refractivity contribution < 1.29 is 20.1 Å². The fourth-order valence-corrected chi connectivity index (χ4v) is 3.86. The van der Waals surface area contributed by atoms with Gasteiger partial charge in [0.15, 0.2) is 0 Å². The van der Waals surface area contributed by atoms with Crippen molar-refractivity contribution in [3.63, 3.8) is 0 Å². The molecule has 1 saturated carbocycles. The van der Waals surface area contributed by atoms with Gasteiger partial charge in [0.05, 0.1) is 18.2 Å². The smallest absolute Gasteiger partial charge is 0.110 e. The minimum atomic E-state index is -1.10. The van der Waals surface area contributed by atoms with Crippen LogP contribution in [0.4, 0.5) is 0 Å². The third kappa shape index (κ3) is 4.67. The monoisotopic (exact) mass is 329 g/mol. The zero-order chi connectivity index (χ0) is 16.8. The zero-order valence-corrected chi connectivity index (χ0v) is 14.7. The number of unbranched alkanes of at least 4 members (excludes halogenated alkanes) is 6. The molecule has 1 heterocycles. The molecule has 0 aromatic carbocycles. The quantitative estimate of drug-likeness (QED) is 0.397. The lowest BCUT2D eigenvalue weighted by Crippen LogP contribution is -2.54. The van der Waals surface area contributed by atoms with Crippen LogP contribution in [0.2, 0.25) is 0 Å². The fourth-order valence-electron chi connectivity index (χ4n) is 3.86. The summed E-state index contributed by atoms with van der Waals surface area (Å²) in [6.07, 6.45) is 5.93. The number of rotatable bonds is 11. The van der Waals surface area contributed by atoms with Crippen molar-refractivity contribution in [3.8, 4) is 0 Å². The average molecular weight is 329 g/mol. The number of ether oxygens (including phenoxy) is 1. The summed E-state index contributed by atoms with van der Waals surface area (Å²) in [5.41, 5.74) is 0. The average Bonchev–Trinajstić information content (AvgIpc) is 3.26. The molecule has 7 atom stereocenters. The lowest BCUT2D eigenvalue weighted by Gasteiger charge is -2.33. The predicted molar refractivity (Wildman–Crippen MR) is 90.3 cm³/mol. The Morgan fingerprint density at radius 3 is 2.04 bits per heavy atom. The Bertz CT molecular complexity index is 341. The zero-order valence-electron chi connectivity index (χ0n) is 14.7. The normalized spacial score (nSPS) is 39.3. The van der Waals surface area contributed by atoms with Crippen LogP contribution in [0.5, 0.6) is 0 Å². The molecule has 0 radical (unpaired) electrons. The molecule has 0 amide bonds. The molecule has 0 bridgehead atoms. The second-order valence-electron chi connectivity index (χ2n) is 7.15. The number of likely N-dealkylation sites (tertiary alicyclic amines) is 1. The van der Waals surface area contributed by atoms with Crippen LogP contribution in [-0.4, -0.2) is 69.9 Å². The lowest BCUT2D eigenvalue weighted by atomic mass is 9.89. The minimum absolute atomic E-state index is 0.0457. The number of aliphatic hydroxyl groups excluding tert-OH is 3. The molecule has 23 heavy (non-hydrogen) atoms. The third-order valence-corrected chi connectivity index (χ3v) is 5.33. The molecular weight excluding hydrogens is 294 g/mol. The van der Waals surface area contributed by atoms with Gasteiger partial charge < -0.3 is 20.1 Å². The van der Waals surface area contributed by atoms with E-state index >= 15 is 0 Å². The largest absolute Gasteiger partial charge is 0.389 e. The SMILES string of the molecule is CCCCCCOC1C(O)C(O)C(O)C2C1N2CCCCCC. The van der Waals surface area contributed by atoms with Crippen LogP contribution >= 0.6 is 0 Å². The molecule has 2 fully saturated rings. The summed E-state index contributed by atoms with van der Waals surface area (Å²) in [4.78, 5) is 2.20. The van der Waals surface area contributed by atoms with Gasteiger partial charge in [-0.3, -0.25) is 4.90 Å². The first kappa shape index (κ1) is 19.1. The summed E-state index contributed by atoms with van der Waals surface area (Å²) in [5, 5.41) is 30.5. The number of hydrogen-bond acceptors (Lipinski definition) is 5. The Hall–Kier alpha value is -0.200. The number of hydrogen-bond donors (Lipinski definition) is 3. The summed E-state index contributed by atoms with van der Waals surface area (Å²) >= 11 is 0. The number of nitrogens with zero attached hydrogens (tertiary/aromatic N) is 1. The third-order valence-electron chi connectivity index (χ3n) is 5.33. The standard InChI is InChI=1S/C18H35NO4/c1-3-5-7-9-11-19-13-14(19)18(17(22)16(21)15(13)20)23-12-10-8-6-4-2/h13-18,20-22H,3-12H2,1-2H3. The van der Waals surface area contributed by atoms with E-state index in [-0.39, 0.29) is 18.2 Å². The molecule has 5 nitrogen and oxygen atoms in total. The van der Waals surface area contributed by atoms with Gasteiger partial charge in [-0.05, 0) is 19.4 Å². The maximum absolute atomic E-state index is 10.3. The van der Waals surface area contributed by atoms with Crippen molar-refractivity contribution in [1.82, 2.24) is 4.90 Å². The van der Waals surface area contributed by atoms with Crippen LogP contribution in [0.15, 0.2) is 0 Å². The molecule has 0 aromatic rings. The Balaban J connectivity index is 1.82. The van der Waals surface area contributed by atoms with Crippen molar-refractivity contribution in [3.05, 3.63) is 0 Å². The van der Waals surface area contributed by atoms with Crippen LogP contribution in [0, 0.1) is 0 Å². The summed E-state index contributed by atoms with van der Waals surface area (Å²) in [6.45, 7) is 5.91. The Labute approximate surface area is 140 Å². The summed E-state index contributed by atoms with van der Waals surface area (Å²) < 4.78 is 5.91. The maximum atomic E-state index is 10.3. The van der Waals surface area contributed by atoms with E-state index in [9.17, 15) is 15.3 Å². The second kappa shape index (κ2) is 9.33. The van der Waals surface area contributed by atoms with Crippen molar-refractivity contribution in [2.75, 3.05) is 13.2 Å². The van der Waals surface area contributed by atoms with Crippen LogP contribution in [0.3, 0.4) is 0 Å². The molecule has 7 unspecified atom stereocenters. The molecule has 1 saturated heterocycles. The second-order valence-corrected chi connectivity index (χ2v) is 7.15. The van der Waals surface area contributed by atoms with Crippen molar-refractivity contribution in [1.29, 1.82) is 0 Å². The van der Waals surface area contributed by atoms with Gasteiger partial charge in [-0.1, -0.05) is 52.4 Å². The van der Waals surface area contributed by atoms with E-state index in [1.54, 1.807) is 0 Å². The van der Waals surface area contributed by atoms with Crippen LogP contribution in [0.1, 0.15) is 65.2 Å². The molecule has 136 valence electrons. The highest BCUT2D eigenvalue weighted by molar-refractivity contribution is 5.18. The minimum Gasteiger partial charge on any atom is -0.389 e. The highest BCUT2D eigenvalue weighted by Gasteiger charge is 2.64. The predicted octanol–water partition coefficient (Wildman–Crippen LogP) is 1.68. The van der Waals surface area contributed by atoms with Gasteiger partial charge in [0.25, 0.3) is 0 Å². The van der Waals surface area contributed by atoms with Gasteiger partial charge in [-0.25, -0.2) is 0 Å². The topological polar surface area (TPSA) is 72.9 Å². The van der Waals surface area contributed by atoms with Gasteiger partial charge in [-0.2, -0.15) is 0 Å². The molecular formula is C18H35NO4. The van der Waals surface area contributed by atoms with E-state index in [0.29, 0.717) is 6.61 Å². The number of aliphatic hydroxyl groups is 3. The van der Waals surface area contributed by atoms with Crippen molar-refractivity contribution in [2.24, 2.45) is 0 Å². The lowest BCUT2D eigenvalue weighted by molar-refractivity contribution is -0.140. The molecule has 0 spiro atoms. The molecule has 0 aromatic heterocycles. The van der Waals surface area contributed by atoms with E-state index in [2.05, 4.69) is 18.7 Å². The van der Waals surface area contributed by atoms with E-state index < -0.39 is 18.3 Å². The van der Waals surface area contributed by atoms with Gasteiger partial charge in [0, 0.05) is 6.61 Å². The first-order valence-corrected chi connectivity index (χ1v) is 9.55. The van der Waals surface area contributed by atoms with Crippen molar-refractivity contribution in [2.45, 2.75) is 102 Å². The van der Waals surface area contributed by atoms with Gasteiger partial charge >= 0.3 is 0 Å². The Morgan fingerprint density at radius 2 is 1.39 bits per heavy atom. The summed E-state index contributed by atoms with van der Waals surface area (Å²) in [7, 11) is 0.